The van der Waals surface area contributed by atoms with Gasteiger partial charge >= 0.3 is 0 Å². The number of benzene rings is 2. The van der Waals surface area contributed by atoms with Crippen LogP contribution in [0.15, 0.2) is 42.7 Å². The highest BCUT2D eigenvalue weighted by Gasteiger charge is 2.32. The molecule has 4 aromatic rings. The van der Waals surface area contributed by atoms with Crippen LogP contribution in [0, 0.1) is 12.7 Å². The maximum Gasteiger partial charge on any atom is 0.251 e. The summed E-state index contributed by atoms with van der Waals surface area (Å²) in [5.41, 5.74) is 3.43. The molecule has 8 nitrogen and oxygen atoms in total. The van der Waals surface area contributed by atoms with Crippen LogP contribution in [0.3, 0.4) is 0 Å². The fourth-order valence-corrected chi connectivity index (χ4v) is 5.19. The number of pyridine rings is 1. The van der Waals surface area contributed by atoms with Gasteiger partial charge in [0, 0.05) is 35.8 Å². The number of piperidine rings is 1. The molecule has 1 saturated heterocycles. The van der Waals surface area contributed by atoms with Gasteiger partial charge in [0.2, 0.25) is 0 Å². The number of carbonyl (C=O) groups excluding carboxylic acids is 1. The van der Waals surface area contributed by atoms with Crippen molar-refractivity contribution in [1.29, 1.82) is 0 Å². The predicted octanol–water partition coefficient (Wildman–Crippen LogP) is 4.75. The smallest absolute Gasteiger partial charge is 0.251 e. The standard InChI is InChI=1S/C27H27ClFN5O3/c1-15-10-20(26-30-14-31-33(26)3)18-6-4-8-24(25(18)32-15)37-13-21-19(11-17(29)12-22(21)28)16(2)34-9-5-7-23(35)27(34)36/h4,6,8,10-12,14,16,23,35H,5,7,9,13H2,1-3H3/t16-,23-/m0/s1. The first-order chi connectivity index (χ1) is 17.7. The third-order valence-corrected chi connectivity index (χ3v) is 7.15. The van der Waals surface area contributed by atoms with Gasteiger partial charge in [-0.15, -0.1) is 0 Å². The first-order valence-corrected chi connectivity index (χ1v) is 12.5. The van der Waals surface area contributed by atoms with Crippen molar-refractivity contribution in [1.82, 2.24) is 24.6 Å². The van der Waals surface area contributed by atoms with Gasteiger partial charge in [0.1, 0.15) is 36.1 Å². The number of carbonyl (C=O) groups is 1. The fourth-order valence-electron chi connectivity index (χ4n) is 4.92. The Kier molecular flexibility index (Phi) is 6.83. The molecular weight excluding hydrogens is 497 g/mol. The van der Waals surface area contributed by atoms with E-state index in [4.69, 9.17) is 21.3 Å². The van der Waals surface area contributed by atoms with E-state index < -0.39 is 18.0 Å². The van der Waals surface area contributed by atoms with Crippen molar-refractivity contribution in [2.45, 2.75) is 45.4 Å². The van der Waals surface area contributed by atoms with E-state index >= 15 is 0 Å². The van der Waals surface area contributed by atoms with E-state index in [2.05, 4.69) is 10.1 Å². The highest BCUT2D eigenvalue weighted by molar-refractivity contribution is 6.31. The molecule has 1 amide bonds. The molecule has 2 aromatic heterocycles. The molecule has 37 heavy (non-hydrogen) atoms. The number of rotatable bonds is 6. The van der Waals surface area contributed by atoms with Gasteiger partial charge in [-0.2, -0.15) is 5.10 Å². The topological polar surface area (TPSA) is 93.4 Å². The van der Waals surface area contributed by atoms with E-state index in [1.165, 1.54) is 18.5 Å². The summed E-state index contributed by atoms with van der Waals surface area (Å²) in [5, 5.41) is 15.3. The van der Waals surface area contributed by atoms with Gasteiger partial charge in [0.15, 0.2) is 5.82 Å². The van der Waals surface area contributed by atoms with Crippen LogP contribution in [0.2, 0.25) is 5.02 Å². The Morgan fingerprint density at radius 1 is 1.30 bits per heavy atom. The Balaban J connectivity index is 1.51. The number of para-hydroxylation sites is 1. The lowest BCUT2D eigenvalue weighted by molar-refractivity contribution is -0.146. The van der Waals surface area contributed by atoms with E-state index in [9.17, 15) is 14.3 Å². The van der Waals surface area contributed by atoms with Gasteiger partial charge in [-0.3, -0.25) is 4.79 Å². The number of hydrogen-bond acceptors (Lipinski definition) is 6. The normalized spacial score (nSPS) is 16.9. The van der Waals surface area contributed by atoms with E-state index in [0.29, 0.717) is 47.6 Å². The number of ether oxygens (including phenoxy) is 1. The van der Waals surface area contributed by atoms with Crippen molar-refractivity contribution in [2.75, 3.05) is 6.54 Å². The number of fused-ring (bicyclic) bond motifs is 1. The molecule has 2 atom stereocenters. The van der Waals surface area contributed by atoms with Gasteiger partial charge in [0.25, 0.3) is 5.91 Å². The zero-order chi connectivity index (χ0) is 26.3. The average molecular weight is 524 g/mol. The molecule has 5 rings (SSSR count). The second-order valence-electron chi connectivity index (χ2n) is 9.28. The van der Waals surface area contributed by atoms with Crippen molar-refractivity contribution in [3.05, 3.63) is 70.4 Å². The lowest BCUT2D eigenvalue weighted by Gasteiger charge is -2.36. The van der Waals surface area contributed by atoms with Crippen LogP contribution in [0.25, 0.3) is 22.3 Å². The van der Waals surface area contributed by atoms with Crippen molar-refractivity contribution in [3.63, 3.8) is 0 Å². The van der Waals surface area contributed by atoms with Gasteiger partial charge in [0.05, 0.1) is 11.1 Å². The summed E-state index contributed by atoms with van der Waals surface area (Å²) in [6, 6.07) is 9.71. The Bertz CT molecular complexity index is 1490. The minimum absolute atomic E-state index is 0.0391. The van der Waals surface area contributed by atoms with Crippen LogP contribution in [0.5, 0.6) is 5.75 Å². The Morgan fingerprint density at radius 3 is 2.86 bits per heavy atom. The summed E-state index contributed by atoms with van der Waals surface area (Å²) in [6.45, 7) is 4.22. The Labute approximate surface area is 218 Å². The lowest BCUT2D eigenvalue weighted by Crippen LogP contribution is -2.45. The molecule has 2 aromatic carbocycles. The molecule has 192 valence electrons. The second kappa shape index (κ2) is 10.1. The number of nitrogens with zero attached hydrogens (tertiary/aromatic N) is 5. The molecule has 1 N–H and O–H groups in total. The third-order valence-electron chi connectivity index (χ3n) is 6.81. The molecule has 10 heteroatoms. The monoisotopic (exact) mass is 523 g/mol. The number of amides is 1. The Morgan fingerprint density at radius 2 is 2.11 bits per heavy atom. The first-order valence-electron chi connectivity index (χ1n) is 12.1. The lowest BCUT2D eigenvalue weighted by atomic mass is 9.97. The molecule has 1 aliphatic heterocycles. The van der Waals surface area contributed by atoms with E-state index in [-0.39, 0.29) is 17.5 Å². The molecule has 0 saturated carbocycles. The van der Waals surface area contributed by atoms with Gasteiger partial charge in [-0.25, -0.2) is 19.0 Å². The summed E-state index contributed by atoms with van der Waals surface area (Å²) in [5.74, 6) is 0.374. The number of halogens is 2. The summed E-state index contributed by atoms with van der Waals surface area (Å²) >= 11 is 6.50. The second-order valence-corrected chi connectivity index (χ2v) is 9.69. The zero-order valence-corrected chi connectivity index (χ0v) is 21.5. The molecule has 1 fully saturated rings. The van der Waals surface area contributed by atoms with Crippen LogP contribution in [-0.2, 0) is 18.4 Å². The predicted molar refractivity (Wildman–Crippen MR) is 138 cm³/mol. The van der Waals surface area contributed by atoms with Crippen LogP contribution in [0.1, 0.15) is 42.6 Å². The van der Waals surface area contributed by atoms with E-state index in [1.807, 2.05) is 38.2 Å². The highest BCUT2D eigenvalue weighted by atomic mass is 35.5. The fraction of sp³-hybridized carbons (Fsp3) is 0.333. The maximum atomic E-state index is 14.4. The molecule has 0 unspecified atom stereocenters. The van der Waals surface area contributed by atoms with Crippen LogP contribution in [-0.4, -0.2) is 48.3 Å². The first kappa shape index (κ1) is 25.1. The van der Waals surface area contributed by atoms with Gasteiger partial charge in [-0.1, -0.05) is 23.7 Å². The molecule has 1 aliphatic rings. The summed E-state index contributed by atoms with van der Waals surface area (Å²) in [7, 11) is 1.83. The number of aliphatic hydroxyl groups is 1. The van der Waals surface area contributed by atoms with Crippen LogP contribution in [0.4, 0.5) is 4.39 Å². The summed E-state index contributed by atoms with van der Waals surface area (Å²) < 4.78 is 22.4. The van der Waals surface area contributed by atoms with Crippen molar-refractivity contribution in [3.8, 4) is 17.1 Å². The highest BCUT2D eigenvalue weighted by Crippen LogP contribution is 2.35. The minimum Gasteiger partial charge on any atom is -0.487 e. The largest absolute Gasteiger partial charge is 0.487 e. The van der Waals surface area contributed by atoms with E-state index in [0.717, 1.165) is 16.6 Å². The van der Waals surface area contributed by atoms with Crippen molar-refractivity contribution in [2.24, 2.45) is 7.05 Å². The maximum absolute atomic E-state index is 14.4. The Hall–Kier alpha value is -3.56. The number of hydrogen-bond donors (Lipinski definition) is 1. The van der Waals surface area contributed by atoms with Crippen molar-refractivity contribution >= 4 is 28.4 Å². The SMILES string of the molecule is Cc1cc(-c2ncnn2C)c2cccc(OCc3c(Cl)cc(F)cc3[C@H](C)N3CCC[C@H](O)C3=O)c2n1. The molecule has 0 aliphatic carbocycles. The number of aliphatic hydroxyl groups excluding tert-OH is 1. The molecule has 0 spiro atoms. The molecule has 0 bridgehead atoms. The zero-order valence-electron chi connectivity index (χ0n) is 20.8. The summed E-state index contributed by atoms with van der Waals surface area (Å²) in [6.07, 6.45) is 1.54. The van der Waals surface area contributed by atoms with Crippen LogP contribution < -0.4 is 4.74 Å². The molecule has 0 radical (unpaired) electrons. The van der Waals surface area contributed by atoms with Gasteiger partial charge < -0.3 is 14.7 Å². The average Bonchev–Trinajstić information content (AvgIpc) is 3.29. The summed E-state index contributed by atoms with van der Waals surface area (Å²) in [4.78, 5) is 23.3. The molecule has 3 heterocycles. The number of likely N-dealkylation sites (tertiary alicyclic amines) is 1. The molecular formula is C27H27ClFN5O3. The minimum atomic E-state index is -1.05. The quantitative estimate of drug-likeness (QED) is 0.392. The number of aromatic nitrogens is 4. The van der Waals surface area contributed by atoms with Crippen molar-refractivity contribution < 1.29 is 19.0 Å². The third kappa shape index (κ3) is 4.76. The van der Waals surface area contributed by atoms with Gasteiger partial charge in [-0.05, 0) is 56.5 Å². The van der Waals surface area contributed by atoms with Crippen LogP contribution >= 0.6 is 11.6 Å². The van der Waals surface area contributed by atoms with E-state index in [1.54, 1.807) is 16.5 Å². The number of aryl methyl sites for hydroxylation is 2.